The van der Waals surface area contributed by atoms with E-state index in [0.717, 1.165) is 6.92 Å². The molecule has 2 aliphatic rings. The molecule has 0 aliphatic carbocycles. The Morgan fingerprint density at radius 2 is 1.62 bits per heavy atom. The van der Waals surface area contributed by atoms with E-state index in [-0.39, 0.29) is 0 Å². The first-order valence-corrected chi connectivity index (χ1v) is 7.98. The summed E-state index contributed by atoms with van der Waals surface area (Å²) in [6, 6.07) is -1.55. The van der Waals surface area contributed by atoms with Crippen LogP contribution in [-0.2, 0) is 14.3 Å². The van der Waals surface area contributed by atoms with Crippen molar-refractivity contribution in [3.63, 3.8) is 0 Å². The Morgan fingerprint density at radius 3 is 2.12 bits per heavy atom. The van der Waals surface area contributed by atoms with Crippen LogP contribution in [0, 0.1) is 0 Å². The Hall–Kier alpha value is -0.930. The van der Waals surface area contributed by atoms with Crippen LogP contribution in [0.5, 0.6) is 0 Å². The van der Waals surface area contributed by atoms with Crippen LogP contribution in [0.15, 0.2) is 0 Å². The topological polar surface area (TPSA) is 209 Å². The van der Waals surface area contributed by atoms with Gasteiger partial charge in [-0.3, -0.25) is 4.79 Å². The van der Waals surface area contributed by atoms with Gasteiger partial charge in [0, 0.05) is 6.92 Å². The van der Waals surface area contributed by atoms with E-state index in [1.54, 1.807) is 0 Å². The first-order chi connectivity index (χ1) is 12.0. The molecule has 0 aromatic carbocycles. The second-order valence-corrected chi connectivity index (χ2v) is 6.55. The third-order valence-corrected chi connectivity index (χ3v) is 5.03. The van der Waals surface area contributed by atoms with Crippen molar-refractivity contribution in [1.29, 1.82) is 0 Å². The minimum Gasteiger partial charge on any atom is -0.394 e. The van der Waals surface area contributed by atoms with Gasteiger partial charge in [-0.1, -0.05) is 0 Å². The number of carbonyl (C=O) groups is 1. The number of hydrogen-bond acceptors (Lipinski definition) is 11. The van der Waals surface area contributed by atoms with Crippen molar-refractivity contribution < 1.29 is 55.1 Å². The Kier molecular flexibility index (Phi) is 6.24. The molecule has 0 radical (unpaired) electrons. The summed E-state index contributed by atoms with van der Waals surface area (Å²) in [6.07, 6.45) is -11.6. The maximum Gasteiger partial charge on any atom is 0.217 e. The number of hydrogen-bond donors (Lipinski definition) is 9. The summed E-state index contributed by atoms with van der Waals surface area (Å²) < 4.78 is 10.0. The van der Waals surface area contributed by atoms with Crippen molar-refractivity contribution >= 4 is 5.91 Å². The van der Waals surface area contributed by atoms with Crippen LogP contribution >= 0.6 is 0 Å². The van der Waals surface area contributed by atoms with Gasteiger partial charge in [0.2, 0.25) is 5.91 Å². The highest BCUT2D eigenvalue weighted by molar-refractivity contribution is 5.73. The third kappa shape index (κ3) is 3.01. The lowest BCUT2D eigenvalue weighted by molar-refractivity contribution is -0.396. The Labute approximate surface area is 148 Å². The van der Waals surface area contributed by atoms with E-state index in [1.807, 2.05) is 0 Å². The number of aliphatic hydroxyl groups is 8. The molecule has 12 nitrogen and oxygen atoms in total. The number of nitrogens with one attached hydrogen (secondary N) is 1. The lowest BCUT2D eigenvalue weighted by atomic mass is 9.65. The minimum atomic E-state index is -3.11. The molecule has 2 fully saturated rings. The van der Waals surface area contributed by atoms with Gasteiger partial charge in [-0.05, 0) is 0 Å². The fraction of sp³-hybridized carbons (Fsp3) is 0.929. The maximum atomic E-state index is 11.4. The molecule has 0 saturated carbocycles. The van der Waals surface area contributed by atoms with Crippen molar-refractivity contribution in [3.8, 4) is 0 Å². The van der Waals surface area contributed by atoms with Gasteiger partial charge in [0.1, 0.15) is 30.5 Å². The lowest BCUT2D eigenvalue weighted by Crippen LogP contribution is -2.85. The summed E-state index contributed by atoms with van der Waals surface area (Å²) in [5.41, 5.74) is -6.01. The molecule has 2 heterocycles. The van der Waals surface area contributed by atoms with Crippen LogP contribution in [0.1, 0.15) is 6.92 Å². The average Bonchev–Trinajstić information content (AvgIpc) is 2.60. The number of aliphatic hydroxyl groups excluding tert-OH is 6. The van der Waals surface area contributed by atoms with Gasteiger partial charge in [0.15, 0.2) is 17.5 Å². The zero-order chi connectivity index (χ0) is 19.9. The van der Waals surface area contributed by atoms with E-state index < -0.39 is 79.8 Å². The SMILES string of the molecule is CC(=O)N[C@@H]1CO[C@H](CO)[C@H](O)[C@]1(O)[C@]1(O)[C@@H](O)O[C@H](CO)[C@H](O)[C@@H]1O. The van der Waals surface area contributed by atoms with Crippen LogP contribution < -0.4 is 5.32 Å². The summed E-state index contributed by atoms with van der Waals surface area (Å²) in [6.45, 7) is -1.03. The number of carbonyl (C=O) groups excluding carboxylic acids is 1. The van der Waals surface area contributed by atoms with Crippen LogP contribution in [-0.4, -0.2) is 121 Å². The second-order valence-electron chi connectivity index (χ2n) is 6.55. The highest BCUT2D eigenvalue weighted by atomic mass is 16.6. The van der Waals surface area contributed by atoms with Crippen LogP contribution in [0.3, 0.4) is 0 Å². The van der Waals surface area contributed by atoms with Gasteiger partial charge in [-0.2, -0.15) is 0 Å². The van der Waals surface area contributed by atoms with Gasteiger partial charge in [-0.25, -0.2) is 0 Å². The van der Waals surface area contributed by atoms with E-state index in [0.29, 0.717) is 0 Å². The van der Waals surface area contributed by atoms with Crippen molar-refractivity contribution in [2.75, 3.05) is 19.8 Å². The molecule has 0 aromatic heterocycles. The number of ether oxygens (including phenoxy) is 2. The molecule has 26 heavy (non-hydrogen) atoms. The molecule has 2 rings (SSSR count). The Balaban J connectivity index is 2.53. The minimum absolute atomic E-state index is 0.500. The lowest BCUT2D eigenvalue weighted by Gasteiger charge is -2.59. The monoisotopic (exact) mass is 383 g/mol. The van der Waals surface area contributed by atoms with E-state index >= 15 is 0 Å². The summed E-state index contributed by atoms with van der Waals surface area (Å²) in [7, 11) is 0. The molecule has 2 aliphatic heterocycles. The van der Waals surface area contributed by atoms with Crippen molar-refractivity contribution in [1.82, 2.24) is 5.32 Å². The fourth-order valence-corrected chi connectivity index (χ4v) is 3.54. The van der Waals surface area contributed by atoms with Gasteiger partial charge >= 0.3 is 0 Å². The molecule has 12 heteroatoms. The second kappa shape index (κ2) is 7.59. The molecule has 0 unspecified atom stereocenters. The molecule has 2 saturated heterocycles. The quantitative estimate of drug-likeness (QED) is 0.223. The molecule has 152 valence electrons. The van der Waals surface area contributed by atoms with E-state index in [4.69, 9.17) is 14.6 Å². The number of rotatable bonds is 4. The molecule has 9 N–H and O–H groups in total. The highest BCUT2D eigenvalue weighted by Crippen LogP contribution is 2.43. The Morgan fingerprint density at radius 1 is 1.04 bits per heavy atom. The average molecular weight is 383 g/mol. The molecule has 1 amide bonds. The highest BCUT2D eigenvalue weighted by Gasteiger charge is 2.72. The largest absolute Gasteiger partial charge is 0.394 e. The molecule has 0 bridgehead atoms. The van der Waals surface area contributed by atoms with E-state index in [2.05, 4.69) is 5.32 Å². The fourth-order valence-electron chi connectivity index (χ4n) is 3.54. The molecule has 0 spiro atoms. The first kappa shape index (κ1) is 21.4. The van der Waals surface area contributed by atoms with E-state index in [9.17, 15) is 40.5 Å². The molecular weight excluding hydrogens is 358 g/mol. The van der Waals surface area contributed by atoms with Crippen LogP contribution in [0.25, 0.3) is 0 Å². The molecular formula is C14H25NO11. The normalized spacial score (nSPS) is 49.7. The van der Waals surface area contributed by atoms with Gasteiger partial charge in [0.05, 0.1) is 25.9 Å². The molecule has 0 aromatic rings. The smallest absolute Gasteiger partial charge is 0.217 e. The van der Waals surface area contributed by atoms with Crippen molar-refractivity contribution in [2.45, 2.75) is 61.0 Å². The van der Waals surface area contributed by atoms with Gasteiger partial charge < -0.3 is 55.6 Å². The predicted molar refractivity (Wildman–Crippen MR) is 80.3 cm³/mol. The standard InChI is InChI=1S/C14H25NO11/c1-5(18)15-8-4-25-7(3-17)10(20)13(8,23)14(24)11(21)9(19)6(2-16)26-12(14)22/h6-12,16-17,19-24H,2-4H2,1H3,(H,15,18)/t6-,7-,8-,9+,10+,11+,12+,13+,14-/m1/s1. The van der Waals surface area contributed by atoms with Crippen molar-refractivity contribution in [2.24, 2.45) is 0 Å². The van der Waals surface area contributed by atoms with Crippen LogP contribution in [0.4, 0.5) is 0 Å². The summed E-state index contributed by atoms with van der Waals surface area (Å²) in [5.74, 6) is -0.690. The maximum absolute atomic E-state index is 11.4. The zero-order valence-corrected chi connectivity index (χ0v) is 14.0. The predicted octanol–water partition coefficient (Wildman–Crippen LogP) is -5.86. The summed E-state index contributed by atoms with van der Waals surface area (Å²) in [5, 5.41) is 83.9. The first-order valence-electron chi connectivity index (χ1n) is 7.98. The summed E-state index contributed by atoms with van der Waals surface area (Å²) in [4.78, 5) is 11.4. The Bertz CT molecular complexity index is 521. The van der Waals surface area contributed by atoms with E-state index in [1.165, 1.54) is 0 Å². The van der Waals surface area contributed by atoms with Crippen LogP contribution in [0.2, 0.25) is 0 Å². The third-order valence-electron chi connectivity index (χ3n) is 5.03. The molecule has 9 atom stereocenters. The number of amides is 1. The van der Waals surface area contributed by atoms with Gasteiger partial charge in [-0.15, -0.1) is 0 Å². The zero-order valence-electron chi connectivity index (χ0n) is 14.0. The van der Waals surface area contributed by atoms with Gasteiger partial charge in [0.25, 0.3) is 0 Å². The van der Waals surface area contributed by atoms with Crippen molar-refractivity contribution in [3.05, 3.63) is 0 Å². The summed E-state index contributed by atoms with van der Waals surface area (Å²) >= 11 is 0.